The highest BCUT2D eigenvalue weighted by molar-refractivity contribution is 6.28. The monoisotopic (exact) mass is 102 g/mol. The van der Waals surface area contributed by atoms with Crippen molar-refractivity contribution in [2.45, 2.75) is 0 Å². The lowest BCUT2D eigenvalue weighted by Crippen LogP contribution is -1.42. The summed E-state index contributed by atoms with van der Waals surface area (Å²) in [7, 11) is 0. The molecule has 31 valence electrons. The Balaban J connectivity index is 3.05. The van der Waals surface area contributed by atoms with Crippen LogP contribution in [0, 0.1) is 6.20 Å². The van der Waals surface area contributed by atoms with Crippen molar-refractivity contribution >= 4 is 11.6 Å². The Morgan fingerprint density at radius 1 is 2.00 bits per heavy atom. The fourth-order valence-corrected chi connectivity index (χ4v) is 0.257. The molecular formula is C3HClNO. The molecule has 2 nitrogen and oxygen atoms in total. The van der Waals surface area contributed by atoms with E-state index in [1.54, 1.807) is 0 Å². The van der Waals surface area contributed by atoms with E-state index in [0.29, 0.717) is 0 Å². The van der Waals surface area contributed by atoms with Gasteiger partial charge in [0.25, 0.3) is 0 Å². The van der Waals surface area contributed by atoms with Crippen LogP contribution in [-0.4, -0.2) is 5.16 Å². The average Bonchev–Trinajstić information content (AvgIpc) is 1.86. The quantitative estimate of drug-likeness (QED) is 0.491. The van der Waals surface area contributed by atoms with Crippen LogP contribution in [-0.2, 0) is 0 Å². The van der Waals surface area contributed by atoms with Crippen LogP contribution in [0.15, 0.2) is 10.6 Å². The van der Waals surface area contributed by atoms with Crippen molar-refractivity contribution < 1.29 is 4.52 Å². The van der Waals surface area contributed by atoms with Gasteiger partial charge in [0.15, 0.2) is 0 Å². The summed E-state index contributed by atoms with van der Waals surface area (Å²) in [5.74, 6) is 0. The van der Waals surface area contributed by atoms with Gasteiger partial charge < -0.3 is 4.52 Å². The summed E-state index contributed by atoms with van der Waals surface area (Å²) in [4.78, 5) is 0. The van der Waals surface area contributed by atoms with Crippen LogP contribution >= 0.6 is 11.6 Å². The Bertz CT molecular complexity index is 114. The Kier molecular flexibility index (Phi) is 0.801. The Hall–Kier alpha value is -0.500. The van der Waals surface area contributed by atoms with Crippen LogP contribution in [0.4, 0.5) is 0 Å². The maximum Gasteiger partial charge on any atom is 0.226 e. The average molecular weight is 102 g/mol. The molecule has 0 aromatic carbocycles. The first-order chi connectivity index (χ1) is 2.89. The summed E-state index contributed by atoms with van der Waals surface area (Å²) >= 11 is 5.19. The third-order valence-corrected chi connectivity index (χ3v) is 0.542. The van der Waals surface area contributed by atoms with Gasteiger partial charge in [-0.2, -0.15) is 0 Å². The molecule has 0 saturated carbocycles. The van der Waals surface area contributed by atoms with Gasteiger partial charge in [-0.05, 0) is 11.6 Å². The molecule has 6 heavy (non-hydrogen) atoms. The highest BCUT2D eigenvalue weighted by Crippen LogP contribution is 2.01. The third kappa shape index (κ3) is 0.518. The molecule has 3 heteroatoms. The smallest absolute Gasteiger partial charge is 0.226 e. The third-order valence-electron chi connectivity index (χ3n) is 0.364. The van der Waals surface area contributed by atoms with Gasteiger partial charge in [0.1, 0.15) is 6.20 Å². The van der Waals surface area contributed by atoms with Crippen molar-refractivity contribution in [2.24, 2.45) is 0 Å². The number of hydrogen-bond acceptors (Lipinski definition) is 2. The van der Waals surface area contributed by atoms with Gasteiger partial charge in [-0.3, -0.25) is 0 Å². The molecule has 0 atom stereocenters. The minimum Gasteiger partial charge on any atom is -0.344 e. The van der Waals surface area contributed by atoms with Crippen LogP contribution in [0.1, 0.15) is 0 Å². The normalized spacial score (nSPS) is 8.83. The molecule has 0 N–H and O–H groups in total. The van der Waals surface area contributed by atoms with Gasteiger partial charge in [-0.1, -0.05) is 5.16 Å². The van der Waals surface area contributed by atoms with Crippen molar-refractivity contribution in [3.05, 3.63) is 17.5 Å². The summed E-state index contributed by atoms with van der Waals surface area (Å²) in [6, 6.07) is 1.45. The molecule has 0 unspecified atom stereocenters. The van der Waals surface area contributed by atoms with Gasteiger partial charge in [0.05, 0.1) is 0 Å². The van der Waals surface area contributed by atoms with E-state index >= 15 is 0 Å². The molecular weight excluding hydrogens is 101 g/mol. The molecule has 1 radical (unpaired) electrons. The molecule has 0 amide bonds. The highest BCUT2D eigenvalue weighted by atomic mass is 35.5. The Morgan fingerprint density at radius 3 is 3.00 bits per heavy atom. The van der Waals surface area contributed by atoms with Crippen molar-refractivity contribution in [2.75, 3.05) is 0 Å². The second-order valence-electron chi connectivity index (χ2n) is 0.760. The van der Waals surface area contributed by atoms with E-state index in [1.165, 1.54) is 6.07 Å². The van der Waals surface area contributed by atoms with Crippen molar-refractivity contribution in [3.8, 4) is 0 Å². The summed E-state index contributed by atoms with van der Waals surface area (Å²) in [5.41, 5.74) is 0. The highest BCUT2D eigenvalue weighted by Gasteiger charge is 1.82. The first-order valence-electron chi connectivity index (χ1n) is 1.38. The Morgan fingerprint density at radius 2 is 2.83 bits per heavy atom. The molecule has 1 aromatic rings. The SMILES string of the molecule is Clc1c[c]no1. The molecule has 0 spiro atoms. The van der Waals surface area contributed by atoms with E-state index in [4.69, 9.17) is 11.6 Å². The number of rotatable bonds is 0. The molecule has 1 heterocycles. The van der Waals surface area contributed by atoms with Gasteiger partial charge in [0.2, 0.25) is 5.22 Å². The van der Waals surface area contributed by atoms with Gasteiger partial charge >= 0.3 is 0 Å². The van der Waals surface area contributed by atoms with Gasteiger partial charge in [0, 0.05) is 6.07 Å². The standard InChI is InChI=1S/C3HClNO/c4-3-1-2-5-6-3/h1H. The van der Waals surface area contributed by atoms with Crippen molar-refractivity contribution in [3.63, 3.8) is 0 Å². The lowest BCUT2D eigenvalue weighted by Gasteiger charge is -1.61. The molecule has 1 rings (SSSR count). The summed E-state index contributed by atoms with van der Waals surface area (Å²) in [6.45, 7) is 0. The van der Waals surface area contributed by atoms with Crippen LogP contribution in [0.3, 0.4) is 0 Å². The molecule has 0 aliphatic heterocycles. The fraction of sp³-hybridized carbons (Fsp3) is 0. The maximum atomic E-state index is 5.19. The van der Waals surface area contributed by atoms with Crippen molar-refractivity contribution in [1.82, 2.24) is 5.16 Å². The summed E-state index contributed by atoms with van der Waals surface area (Å²) in [6.07, 6.45) is 2.38. The predicted octanol–water partition coefficient (Wildman–Crippen LogP) is 1.13. The summed E-state index contributed by atoms with van der Waals surface area (Å²) < 4.78 is 4.29. The number of aromatic nitrogens is 1. The first-order valence-corrected chi connectivity index (χ1v) is 1.75. The molecule has 1 aromatic heterocycles. The number of nitrogens with zero attached hydrogens (tertiary/aromatic N) is 1. The van der Waals surface area contributed by atoms with Gasteiger partial charge in [-0.25, -0.2) is 0 Å². The lowest BCUT2D eigenvalue weighted by atomic mass is 10.8. The largest absolute Gasteiger partial charge is 0.344 e. The van der Waals surface area contributed by atoms with Gasteiger partial charge in [-0.15, -0.1) is 0 Å². The van der Waals surface area contributed by atoms with E-state index < -0.39 is 0 Å². The first kappa shape index (κ1) is 3.68. The predicted molar refractivity (Wildman–Crippen MR) is 20.3 cm³/mol. The summed E-state index contributed by atoms with van der Waals surface area (Å²) in [5, 5.41) is 3.46. The second kappa shape index (κ2) is 1.30. The van der Waals surface area contributed by atoms with Crippen molar-refractivity contribution in [1.29, 1.82) is 0 Å². The Labute approximate surface area is 39.7 Å². The van der Waals surface area contributed by atoms with Crippen LogP contribution in [0.2, 0.25) is 5.22 Å². The van der Waals surface area contributed by atoms with E-state index in [1.807, 2.05) is 0 Å². The van der Waals surface area contributed by atoms with Crippen LogP contribution in [0.25, 0.3) is 0 Å². The fourth-order valence-electron chi connectivity index (χ4n) is 0.173. The molecule has 0 aliphatic rings. The molecule has 0 fully saturated rings. The van der Waals surface area contributed by atoms with Crippen LogP contribution < -0.4 is 0 Å². The maximum absolute atomic E-state index is 5.19. The van der Waals surface area contributed by atoms with E-state index in [2.05, 4.69) is 15.9 Å². The number of hydrogen-bond donors (Lipinski definition) is 0. The second-order valence-corrected chi connectivity index (χ2v) is 1.13. The minimum absolute atomic E-state index is 0.273. The zero-order valence-corrected chi connectivity index (χ0v) is 3.57. The zero-order chi connectivity index (χ0) is 4.41. The molecule has 0 saturated heterocycles. The van der Waals surface area contributed by atoms with E-state index in [9.17, 15) is 0 Å². The van der Waals surface area contributed by atoms with E-state index in [-0.39, 0.29) is 5.22 Å². The molecule has 0 bridgehead atoms. The molecule has 0 aliphatic carbocycles. The zero-order valence-electron chi connectivity index (χ0n) is 2.81. The van der Waals surface area contributed by atoms with E-state index in [0.717, 1.165) is 0 Å². The minimum atomic E-state index is 0.273. The topological polar surface area (TPSA) is 26.0 Å². The lowest BCUT2D eigenvalue weighted by molar-refractivity contribution is 0.420. The van der Waals surface area contributed by atoms with Crippen LogP contribution in [0.5, 0.6) is 0 Å². The number of halogens is 1.